The van der Waals surface area contributed by atoms with Crippen LogP contribution in [0.1, 0.15) is 11.1 Å². The first-order valence-corrected chi connectivity index (χ1v) is 9.75. The van der Waals surface area contributed by atoms with E-state index in [2.05, 4.69) is 45.1 Å². The molecule has 4 rings (SSSR count). The van der Waals surface area contributed by atoms with Gasteiger partial charge < -0.3 is 14.4 Å². The van der Waals surface area contributed by atoms with Crippen LogP contribution in [0.25, 0.3) is 0 Å². The summed E-state index contributed by atoms with van der Waals surface area (Å²) in [6.07, 6.45) is 1.76. The SMILES string of the molecule is N#Cc1c(N2CCN(c3ccccc3)CC2)ncn(Cc2ccccc2)c1=S. The molecule has 1 aromatic heterocycles. The number of benzene rings is 2. The molecule has 0 radical (unpaired) electrons. The van der Waals surface area contributed by atoms with Crippen LogP contribution in [-0.2, 0) is 6.54 Å². The van der Waals surface area contributed by atoms with Crippen LogP contribution in [0.4, 0.5) is 11.5 Å². The maximum absolute atomic E-state index is 9.74. The Balaban J connectivity index is 1.53. The standard InChI is InChI=1S/C22H21N5S/c23-15-20-21(24-17-27(22(20)28)16-18-7-3-1-4-8-18)26-13-11-25(12-14-26)19-9-5-2-6-10-19/h1-10,17H,11-14,16H2. The topological polar surface area (TPSA) is 48.1 Å². The van der Waals surface area contributed by atoms with E-state index in [0.717, 1.165) is 31.7 Å². The summed E-state index contributed by atoms with van der Waals surface area (Å²) in [5.41, 5.74) is 2.85. The molecule has 1 fully saturated rings. The number of para-hydroxylation sites is 1. The Kier molecular flexibility index (Phi) is 5.36. The van der Waals surface area contributed by atoms with Crippen LogP contribution >= 0.6 is 12.2 Å². The lowest BCUT2D eigenvalue weighted by molar-refractivity contribution is 0.641. The van der Waals surface area contributed by atoms with Gasteiger partial charge in [0, 0.05) is 38.4 Å². The molecule has 3 aromatic rings. The summed E-state index contributed by atoms with van der Waals surface area (Å²) >= 11 is 5.61. The highest BCUT2D eigenvalue weighted by atomic mass is 32.1. The molecule has 1 aliphatic rings. The van der Waals surface area contributed by atoms with Gasteiger partial charge in [-0.3, -0.25) is 0 Å². The number of piperazine rings is 1. The minimum absolute atomic E-state index is 0.488. The molecule has 5 nitrogen and oxygen atoms in total. The molecule has 2 aromatic carbocycles. The van der Waals surface area contributed by atoms with Crippen molar-refractivity contribution in [1.82, 2.24) is 9.55 Å². The lowest BCUT2D eigenvalue weighted by atomic mass is 10.2. The molecular weight excluding hydrogens is 366 g/mol. The van der Waals surface area contributed by atoms with Gasteiger partial charge in [-0.15, -0.1) is 0 Å². The second-order valence-corrected chi connectivity index (χ2v) is 7.17. The molecule has 0 atom stereocenters. The van der Waals surface area contributed by atoms with E-state index in [1.165, 1.54) is 5.69 Å². The van der Waals surface area contributed by atoms with E-state index >= 15 is 0 Å². The summed E-state index contributed by atoms with van der Waals surface area (Å²) in [6, 6.07) is 22.8. The van der Waals surface area contributed by atoms with E-state index in [9.17, 15) is 5.26 Å². The molecule has 0 saturated carbocycles. The van der Waals surface area contributed by atoms with Gasteiger partial charge >= 0.3 is 0 Å². The highest BCUT2D eigenvalue weighted by Gasteiger charge is 2.21. The fourth-order valence-corrected chi connectivity index (χ4v) is 3.77. The maximum atomic E-state index is 9.74. The maximum Gasteiger partial charge on any atom is 0.151 e. The lowest BCUT2D eigenvalue weighted by Gasteiger charge is -2.37. The third kappa shape index (κ3) is 3.75. The van der Waals surface area contributed by atoms with E-state index in [-0.39, 0.29) is 0 Å². The number of nitrogens with zero attached hydrogens (tertiary/aromatic N) is 5. The quantitative estimate of drug-likeness (QED) is 0.636. The number of nitriles is 1. The van der Waals surface area contributed by atoms with Crippen LogP contribution in [0.15, 0.2) is 67.0 Å². The second kappa shape index (κ2) is 8.24. The summed E-state index contributed by atoms with van der Waals surface area (Å²) < 4.78 is 2.41. The summed E-state index contributed by atoms with van der Waals surface area (Å²) in [5, 5.41) is 9.74. The van der Waals surface area contributed by atoms with E-state index < -0.39 is 0 Å². The van der Waals surface area contributed by atoms with Gasteiger partial charge in [0.15, 0.2) is 5.82 Å². The summed E-state index contributed by atoms with van der Waals surface area (Å²) in [7, 11) is 0. The number of anilines is 2. The Hall–Kier alpha value is -3.17. The molecule has 0 N–H and O–H groups in total. The third-order valence-corrected chi connectivity index (χ3v) is 5.46. The first-order valence-electron chi connectivity index (χ1n) is 9.34. The van der Waals surface area contributed by atoms with Gasteiger partial charge in [0.05, 0.1) is 6.33 Å². The Labute approximate surface area is 170 Å². The van der Waals surface area contributed by atoms with Crippen LogP contribution in [-0.4, -0.2) is 35.7 Å². The van der Waals surface area contributed by atoms with Crippen molar-refractivity contribution in [1.29, 1.82) is 5.26 Å². The van der Waals surface area contributed by atoms with Crippen LogP contribution < -0.4 is 9.80 Å². The molecule has 28 heavy (non-hydrogen) atoms. The van der Waals surface area contributed by atoms with Crippen molar-refractivity contribution in [2.75, 3.05) is 36.0 Å². The third-order valence-electron chi connectivity index (χ3n) is 5.03. The van der Waals surface area contributed by atoms with Gasteiger partial charge in [0.1, 0.15) is 16.3 Å². The highest BCUT2D eigenvalue weighted by Crippen LogP contribution is 2.22. The molecule has 0 aliphatic carbocycles. The molecule has 1 aliphatic heterocycles. The van der Waals surface area contributed by atoms with E-state index in [0.29, 0.717) is 22.6 Å². The van der Waals surface area contributed by atoms with Crippen molar-refractivity contribution < 1.29 is 0 Å². The number of aromatic nitrogens is 2. The van der Waals surface area contributed by atoms with Crippen LogP contribution in [0.2, 0.25) is 0 Å². The first kappa shape index (κ1) is 18.2. The summed E-state index contributed by atoms with van der Waals surface area (Å²) in [4.78, 5) is 9.13. The number of rotatable bonds is 4. The molecule has 2 heterocycles. The summed E-state index contributed by atoms with van der Waals surface area (Å²) in [6.45, 7) is 4.02. The zero-order valence-electron chi connectivity index (χ0n) is 15.5. The molecule has 140 valence electrons. The Morgan fingerprint density at radius 3 is 2.14 bits per heavy atom. The molecule has 0 bridgehead atoms. The van der Waals surface area contributed by atoms with Crippen molar-refractivity contribution in [2.24, 2.45) is 0 Å². The van der Waals surface area contributed by atoms with Crippen molar-refractivity contribution in [3.05, 3.63) is 82.8 Å². The normalized spacial score (nSPS) is 14.0. The fraction of sp³-hybridized carbons (Fsp3) is 0.227. The Morgan fingerprint density at radius 1 is 0.893 bits per heavy atom. The van der Waals surface area contributed by atoms with E-state index in [1.807, 2.05) is 41.0 Å². The molecule has 0 spiro atoms. The highest BCUT2D eigenvalue weighted by molar-refractivity contribution is 7.71. The van der Waals surface area contributed by atoms with Crippen LogP contribution in [0, 0.1) is 16.0 Å². The van der Waals surface area contributed by atoms with Gasteiger partial charge in [0.25, 0.3) is 0 Å². The average molecular weight is 388 g/mol. The predicted octanol–water partition coefficient (Wildman–Crippen LogP) is 3.86. The molecular formula is C22H21N5S. The van der Waals surface area contributed by atoms with E-state index in [1.54, 1.807) is 6.33 Å². The van der Waals surface area contributed by atoms with Gasteiger partial charge in [-0.1, -0.05) is 60.7 Å². The van der Waals surface area contributed by atoms with Crippen LogP contribution in [0.5, 0.6) is 0 Å². The van der Waals surface area contributed by atoms with Crippen molar-refractivity contribution in [3.63, 3.8) is 0 Å². The zero-order valence-corrected chi connectivity index (χ0v) is 16.3. The summed E-state index contributed by atoms with van der Waals surface area (Å²) in [5.74, 6) is 0.699. The van der Waals surface area contributed by atoms with Gasteiger partial charge in [-0.25, -0.2) is 4.98 Å². The average Bonchev–Trinajstić information content (AvgIpc) is 2.76. The molecule has 6 heteroatoms. The Bertz CT molecular complexity index is 1030. The monoisotopic (exact) mass is 387 g/mol. The van der Waals surface area contributed by atoms with E-state index in [4.69, 9.17) is 12.2 Å². The van der Waals surface area contributed by atoms with Crippen LogP contribution in [0.3, 0.4) is 0 Å². The largest absolute Gasteiger partial charge is 0.368 e. The molecule has 0 amide bonds. The first-order chi connectivity index (χ1) is 13.8. The fourth-order valence-electron chi connectivity index (χ4n) is 3.53. The predicted molar refractivity (Wildman–Crippen MR) is 114 cm³/mol. The lowest BCUT2D eigenvalue weighted by Crippen LogP contribution is -2.47. The van der Waals surface area contributed by atoms with Crippen molar-refractivity contribution in [3.8, 4) is 6.07 Å². The second-order valence-electron chi connectivity index (χ2n) is 6.78. The minimum Gasteiger partial charge on any atom is -0.368 e. The smallest absolute Gasteiger partial charge is 0.151 e. The van der Waals surface area contributed by atoms with Gasteiger partial charge in [-0.2, -0.15) is 5.26 Å². The van der Waals surface area contributed by atoms with Crippen molar-refractivity contribution >= 4 is 23.7 Å². The van der Waals surface area contributed by atoms with Gasteiger partial charge in [0.2, 0.25) is 0 Å². The number of hydrogen-bond acceptors (Lipinski definition) is 5. The number of hydrogen-bond donors (Lipinski definition) is 0. The zero-order chi connectivity index (χ0) is 19.3. The van der Waals surface area contributed by atoms with Gasteiger partial charge in [-0.05, 0) is 17.7 Å². The minimum atomic E-state index is 0.488. The Morgan fingerprint density at radius 2 is 1.50 bits per heavy atom. The molecule has 0 unspecified atom stereocenters. The molecule has 1 saturated heterocycles. The van der Waals surface area contributed by atoms with Crippen molar-refractivity contribution in [2.45, 2.75) is 6.54 Å².